The Balaban J connectivity index is 1.31. The molecule has 2 aliphatic rings. The van der Waals surface area contributed by atoms with Crippen molar-refractivity contribution in [2.24, 2.45) is 0 Å². The van der Waals surface area contributed by atoms with Gasteiger partial charge in [-0.3, -0.25) is 19.6 Å². The molecule has 0 spiro atoms. The van der Waals surface area contributed by atoms with E-state index in [0.717, 1.165) is 27.6 Å². The van der Waals surface area contributed by atoms with E-state index < -0.39 is 12.2 Å². The molecule has 3 aromatic carbocycles. The molecule has 4 aromatic rings. The van der Waals surface area contributed by atoms with Gasteiger partial charge < -0.3 is 15.1 Å². The average Bonchev–Trinajstić information content (AvgIpc) is 3.36. The number of carbonyl (C=O) groups excluding carboxylic acids is 3. The number of piperazine rings is 1. The maximum atomic E-state index is 14.1. The van der Waals surface area contributed by atoms with Crippen molar-refractivity contribution in [3.63, 3.8) is 0 Å². The lowest BCUT2D eigenvalue weighted by atomic mass is 9.99. The first kappa shape index (κ1) is 28.1. The fourth-order valence-electron chi connectivity index (χ4n) is 6.02. The summed E-state index contributed by atoms with van der Waals surface area (Å²) in [4.78, 5) is 49.4. The van der Waals surface area contributed by atoms with E-state index in [1.54, 1.807) is 27.1 Å². The van der Waals surface area contributed by atoms with E-state index >= 15 is 0 Å². The van der Waals surface area contributed by atoms with Crippen molar-refractivity contribution in [3.05, 3.63) is 127 Å². The Bertz CT molecular complexity index is 1620. The zero-order valence-corrected chi connectivity index (χ0v) is 23.9. The number of nitrogens with zero attached hydrogens (tertiary/aromatic N) is 5. The number of urea groups is 1. The molecule has 2 atom stereocenters. The van der Waals surface area contributed by atoms with Crippen LogP contribution in [0.2, 0.25) is 0 Å². The Morgan fingerprint density at radius 3 is 2.42 bits per heavy atom. The summed E-state index contributed by atoms with van der Waals surface area (Å²) in [5.41, 5.74) is 3.70. The van der Waals surface area contributed by atoms with Crippen LogP contribution in [-0.2, 0) is 29.1 Å². The van der Waals surface area contributed by atoms with Gasteiger partial charge in [0.2, 0.25) is 11.8 Å². The van der Waals surface area contributed by atoms with Gasteiger partial charge in [0.05, 0.1) is 25.2 Å². The third-order valence-corrected chi connectivity index (χ3v) is 8.05. The highest BCUT2D eigenvalue weighted by Crippen LogP contribution is 2.31. The highest BCUT2D eigenvalue weighted by molar-refractivity contribution is 5.92. The monoisotopic (exact) mass is 574 g/mol. The number of pyridine rings is 1. The number of benzene rings is 3. The van der Waals surface area contributed by atoms with Crippen molar-refractivity contribution < 1.29 is 14.4 Å². The van der Waals surface area contributed by atoms with Gasteiger partial charge in [0.25, 0.3) is 0 Å². The molecule has 218 valence electrons. The second-order valence-electron chi connectivity index (χ2n) is 10.8. The number of amides is 4. The van der Waals surface area contributed by atoms with E-state index in [-0.39, 0.29) is 37.5 Å². The minimum atomic E-state index is -0.709. The van der Waals surface area contributed by atoms with Crippen molar-refractivity contribution in [2.75, 3.05) is 19.6 Å². The number of rotatable bonds is 9. The van der Waals surface area contributed by atoms with Gasteiger partial charge in [-0.1, -0.05) is 91.0 Å². The summed E-state index contributed by atoms with van der Waals surface area (Å²) < 4.78 is 0. The van der Waals surface area contributed by atoms with Crippen LogP contribution in [0.4, 0.5) is 4.79 Å². The van der Waals surface area contributed by atoms with E-state index in [1.807, 2.05) is 91.0 Å². The van der Waals surface area contributed by atoms with Crippen molar-refractivity contribution in [1.82, 2.24) is 30.1 Å². The molecule has 0 saturated carbocycles. The normalized spacial score (nSPS) is 18.5. The molecule has 0 aliphatic carbocycles. The van der Waals surface area contributed by atoms with Crippen LogP contribution in [0, 0.1) is 0 Å². The molecule has 4 amide bonds. The first-order valence-corrected chi connectivity index (χ1v) is 14.5. The summed E-state index contributed by atoms with van der Waals surface area (Å²) in [6.45, 7) is 4.99. The van der Waals surface area contributed by atoms with Gasteiger partial charge in [-0.25, -0.2) is 4.79 Å². The Hall–Kier alpha value is -5.02. The molecular formula is C34H34N6O3. The molecule has 1 N–H and O–H groups in total. The molecular weight excluding hydrogens is 540 g/mol. The zero-order chi connectivity index (χ0) is 29.8. The van der Waals surface area contributed by atoms with Gasteiger partial charge in [-0.2, -0.15) is 5.01 Å². The topological polar surface area (TPSA) is 89.1 Å². The predicted octanol–water partition coefficient (Wildman–Crippen LogP) is 3.97. The van der Waals surface area contributed by atoms with Crippen LogP contribution in [0.15, 0.2) is 110 Å². The number of hydrogen-bond donors (Lipinski definition) is 1. The number of para-hydroxylation sites is 1. The van der Waals surface area contributed by atoms with E-state index in [9.17, 15) is 14.4 Å². The minimum absolute atomic E-state index is 0.0144. The maximum Gasteiger partial charge on any atom is 0.332 e. The molecule has 6 rings (SSSR count). The Morgan fingerprint density at radius 2 is 1.67 bits per heavy atom. The number of carbonyl (C=O) groups is 3. The van der Waals surface area contributed by atoms with Crippen LogP contribution in [-0.4, -0.2) is 74.5 Å². The third kappa shape index (κ3) is 5.85. The highest BCUT2D eigenvalue weighted by Gasteiger charge is 2.52. The highest BCUT2D eigenvalue weighted by atomic mass is 16.2. The molecule has 9 nitrogen and oxygen atoms in total. The Morgan fingerprint density at radius 1 is 0.953 bits per heavy atom. The largest absolute Gasteiger partial charge is 0.333 e. The average molecular weight is 575 g/mol. The van der Waals surface area contributed by atoms with Crippen molar-refractivity contribution in [3.8, 4) is 0 Å². The Labute approximate surface area is 251 Å². The molecule has 43 heavy (non-hydrogen) atoms. The standard InChI is InChI=1S/C34H34N6O3/c1-2-19-38(34(43)36-21-26-13-7-4-8-14-26)39-24-31(41)40-29(20-25-11-5-3-6-12-25)33(42)37(23-30(39)40)22-28-16-9-15-27-17-10-18-35-32(27)28/h2-18,29-30H,1,19-24H2,(H,36,43)/t29-,30+/m0/s1. The first-order valence-electron chi connectivity index (χ1n) is 14.5. The van der Waals surface area contributed by atoms with Gasteiger partial charge in [-0.15, -0.1) is 6.58 Å². The van der Waals surface area contributed by atoms with Gasteiger partial charge in [-0.05, 0) is 22.8 Å². The fraction of sp³-hybridized carbons (Fsp3) is 0.235. The van der Waals surface area contributed by atoms with E-state index in [4.69, 9.17) is 0 Å². The van der Waals surface area contributed by atoms with Crippen molar-refractivity contribution in [1.29, 1.82) is 0 Å². The van der Waals surface area contributed by atoms with Crippen LogP contribution in [0.25, 0.3) is 10.9 Å². The number of fused-ring (bicyclic) bond motifs is 2. The van der Waals surface area contributed by atoms with Crippen LogP contribution >= 0.6 is 0 Å². The van der Waals surface area contributed by atoms with Gasteiger partial charge in [0.1, 0.15) is 12.2 Å². The zero-order valence-electron chi connectivity index (χ0n) is 23.9. The van der Waals surface area contributed by atoms with Crippen molar-refractivity contribution in [2.45, 2.75) is 31.7 Å². The van der Waals surface area contributed by atoms with Crippen LogP contribution in [0.3, 0.4) is 0 Å². The van der Waals surface area contributed by atoms with E-state index in [0.29, 0.717) is 19.5 Å². The second kappa shape index (κ2) is 12.5. The number of aromatic nitrogens is 1. The molecule has 2 aliphatic heterocycles. The van der Waals surface area contributed by atoms with Crippen molar-refractivity contribution >= 4 is 28.7 Å². The molecule has 1 aromatic heterocycles. The summed E-state index contributed by atoms with van der Waals surface area (Å²) in [7, 11) is 0. The SMILES string of the molecule is C=CCN(C(=O)NCc1ccccc1)N1CC(=O)N2[C@@H](Cc3ccccc3)C(=O)N(Cc3cccc4cccnc34)C[C@@H]21. The lowest BCUT2D eigenvalue weighted by molar-refractivity contribution is -0.157. The van der Waals surface area contributed by atoms with Gasteiger partial charge in [0.15, 0.2) is 0 Å². The lowest BCUT2D eigenvalue weighted by Crippen LogP contribution is -2.66. The predicted molar refractivity (Wildman–Crippen MR) is 164 cm³/mol. The number of hydrogen-bond acceptors (Lipinski definition) is 5. The molecule has 0 radical (unpaired) electrons. The smallest absolute Gasteiger partial charge is 0.332 e. The Kier molecular flexibility index (Phi) is 8.15. The molecule has 0 unspecified atom stereocenters. The van der Waals surface area contributed by atoms with Gasteiger partial charge >= 0.3 is 6.03 Å². The summed E-state index contributed by atoms with van der Waals surface area (Å²) in [5.74, 6) is -0.303. The minimum Gasteiger partial charge on any atom is -0.333 e. The summed E-state index contributed by atoms with van der Waals surface area (Å²) >= 11 is 0. The summed E-state index contributed by atoms with van der Waals surface area (Å²) in [5, 5.41) is 7.29. The van der Waals surface area contributed by atoms with E-state index in [2.05, 4.69) is 16.9 Å². The third-order valence-electron chi connectivity index (χ3n) is 8.05. The molecule has 2 fully saturated rings. The summed E-state index contributed by atoms with van der Waals surface area (Å²) in [6.07, 6.45) is 3.25. The molecule has 9 heteroatoms. The van der Waals surface area contributed by atoms with Crippen LogP contribution in [0.1, 0.15) is 16.7 Å². The maximum absolute atomic E-state index is 14.1. The molecule has 3 heterocycles. The fourth-order valence-corrected chi connectivity index (χ4v) is 6.02. The lowest BCUT2D eigenvalue weighted by Gasteiger charge is -2.46. The molecule has 2 saturated heterocycles. The quantitative estimate of drug-likeness (QED) is 0.306. The first-order chi connectivity index (χ1) is 21.0. The van der Waals surface area contributed by atoms with E-state index in [1.165, 1.54) is 5.01 Å². The van der Waals surface area contributed by atoms with Crippen LogP contribution < -0.4 is 5.32 Å². The second-order valence-corrected chi connectivity index (χ2v) is 10.8. The van der Waals surface area contributed by atoms with Crippen LogP contribution in [0.5, 0.6) is 0 Å². The molecule has 0 bridgehead atoms. The van der Waals surface area contributed by atoms with Gasteiger partial charge in [0, 0.05) is 31.1 Å². The number of nitrogens with one attached hydrogen (secondary N) is 1. The summed E-state index contributed by atoms with van der Waals surface area (Å²) in [6, 6.07) is 28.2. The number of hydrazine groups is 1.